The van der Waals surface area contributed by atoms with Crippen LogP contribution in [-0.2, 0) is 6.42 Å². The summed E-state index contributed by atoms with van der Waals surface area (Å²) in [6.07, 6.45) is 1.05. The van der Waals surface area contributed by atoms with Gasteiger partial charge in [0.25, 0.3) is 0 Å². The van der Waals surface area contributed by atoms with E-state index in [1.54, 1.807) is 0 Å². The summed E-state index contributed by atoms with van der Waals surface area (Å²) in [5.41, 5.74) is 7.72. The molecule has 1 aromatic carbocycles. The van der Waals surface area contributed by atoms with Gasteiger partial charge in [0.2, 0.25) is 0 Å². The molecule has 2 nitrogen and oxygen atoms in total. The van der Waals surface area contributed by atoms with E-state index in [0.717, 1.165) is 17.8 Å². The number of nitrogens with two attached hydrogens (primary N) is 1. The van der Waals surface area contributed by atoms with Crippen molar-refractivity contribution in [1.29, 1.82) is 0 Å². The van der Waals surface area contributed by atoms with E-state index >= 15 is 0 Å². The Hall–Kier alpha value is -0.750. The maximum absolute atomic E-state index is 5.75. The SMILES string of the molecule is Cc1ccc(CC(C)Nc2ccc(N)cc2I)s1. The van der Waals surface area contributed by atoms with E-state index in [2.05, 4.69) is 53.9 Å². The molecule has 1 heterocycles. The first-order chi connectivity index (χ1) is 8.54. The molecule has 0 fully saturated rings. The van der Waals surface area contributed by atoms with Gasteiger partial charge in [-0.15, -0.1) is 11.3 Å². The Labute approximate surface area is 126 Å². The summed E-state index contributed by atoms with van der Waals surface area (Å²) in [7, 11) is 0. The topological polar surface area (TPSA) is 38.0 Å². The van der Waals surface area contributed by atoms with Crippen LogP contribution in [0.3, 0.4) is 0 Å². The third kappa shape index (κ3) is 3.62. The molecule has 0 saturated heterocycles. The number of hydrogen-bond donors (Lipinski definition) is 2. The van der Waals surface area contributed by atoms with Crippen molar-refractivity contribution in [3.05, 3.63) is 43.7 Å². The van der Waals surface area contributed by atoms with E-state index in [4.69, 9.17) is 5.73 Å². The van der Waals surface area contributed by atoms with Crippen LogP contribution in [0.5, 0.6) is 0 Å². The third-order valence-corrected chi connectivity index (χ3v) is 4.61. The summed E-state index contributed by atoms with van der Waals surface area (Å²) in [6, 6.07) is 10.8. The van der Waals surface area contributed by atoms with Gasteiger partial charge in [-0.2, -0.15) is 0 Å². The fourth-order valence-corrected chi connectivity index (χ4v) is 3.58. The van der Waals surface area contributed by atoms with Gasteiger partial charge in [0, 0.05) is 37.2 Å². The highest BCUT2D eigenvalue weighted by molar-refractivity contribution is 14.1. The Morgan fingerprint density at radius 1 is 1.33 bits per heavy atom. The van der Waals surface area contributed by atoms with Crippen LogP contribution < -0.4 is 11.1 Å². The number of nitrogen functional groups attached to an aromatic ring is 1. The second kappa shape index (κ2) is 5.93. The number of rotatable bonds is 4. The summed E-state index contributed by atoms with van der Waals surface area (Å²) < 4.78 is 1.17. The maximum atomic E-state index is 5.75. The lowest BCUT2D eigenvalue weighted by Crippen LogP contribution is -2.18. The van der Waals surface area contributed by atoms with Crippen LogP contribution in [0.25, 0.3) is 0 Å². The van der Waals surface area contributed by atoms with Crippen molar-refractivity contribution >= 4 is 45.3 Å². The first kappa shape index (κ1) is 13.7. The first-order valence-corrected chi connectivity index (χ1v) is 7.81. The van der Waals surface area contributed by atoms with Crippen molar-refractivity contribution in [3.63, 3.8) is 0 Å². The smallest absolute Gasteiger partial charge is 0.0479 e. The average Bonchev–Trinajstić information content (AvgIpc) is 2.68. The van der Waals surface area contributed by atoms with Gasteiger partial charge in [-0.25, -0.2) is 0 Å². The molecule has 0 radical (unpaired) electrons. The molecule has 1 atom stereocenters. The molecule has 1 unspecified atom stereocenters. The summed E-state index contributed by atoms with van der Waals surface area (Å²) >= 11 is 4.19. The van der Waals surface area contributed by atoms with E-state index < -0.39 is 0 Å². The Morgan fingerprint density at radius 3 is 2.72 bits per heavy atom. The lowest BCUT2D eigenvalue weighted by molar-refractivity contribution is 0.800. The standard InChI is InChI=1S/C14H17IN2S/c1-9(7-12-5-3-10(2)18-12)17-14-6-4-11(16)8-13(14)15/h3-6,8-9,17H,7,16H2,1-2H3. The van der Waals surface area contributed by atoms with Crippen molar-refractivity contribution < 1.29 is 0 Å². The van der Waals surface area contributed by atoms with Gasteiger partial charge >= 0.3 is 0 Å². The van der Waals surface area contributed by atoms with Crippen LogP contribution in [0.4, 0.5) is 11.4 Å². The van der Waals surface area contributed by atoms with Gasteiger partial charge in [-0.1, -0.05) is 0 Å². The molecule has 3 N–H and O–H groups in total. The molecule has 0 aliphatic carbocycles. The highest BCUT2D eigenvalue weighted by atomic mass is 127. The molecule has 0 saturated carbocycles. The van der Waals surface area contributed by atoms with Crippen LogP contribution in [0.2, 0.25) is 0 Å². The van der Waals surface area contributed by atoms with Crippen molar-refractivity contribution in [1.82, 2.24) is 0 Å². The second-order valence-electron chi connectivity index (χ2n) is 4.50. The Kier molecular flexibility index (Phi) is 4.50. The van der Waals surface area contributed by atoms with Gasteiger partial charge < -0.3 is 11.1 Å². The van der Waals surface area contributed by atoms with E-state index in [1.165, 1.54) is 13.3 Å². The molecule has 0 amide bonds. The first-order valence-electron chi connectivity index (χ1n) is 5.91. The molecule has 0 aliphatic rings. The predicted molar refractivity (Wildman–Crippen MR) is 89.4 cm³/mol. The zero-order valence-corrected chi connectivity index (χ0v) is 13.5. The fourth-order valence-electron chi connectivity index (χ4n) is 1.86. The summed E-state index contributed by atoms with van der Waals surface area (Å²) in [4.78, 5) is 2.80. The molecule has 0 spiro atoms. The summed E-state index contributed by atoms with van der Waals surface area (Å²) in [6.45, 7) is 4.36. The zero-order chi connectivity index (χ0) is 13.1. The molecule has 2 aromatic rings. The van der Waals surface area contributed by atoms with Gasteiger partial charge in [0.1, 0.15) is 0 Å². The normalized spacial score (nSPS) is 12.4. The number of halogens is 1. The van der Waals surface area contributed by atoms with Crippen LogP contribution in [0.1, 0.15) is 16.7 Å². The van der Waals surface area contributed by atoms with Crippen molar-refractivity contribution in [2.24, 2.45) is 0 Å². The van der Waals surface area contributed by atoms with Crippen LogP contribution in [0, 0.1) is 10.5 Å². The van der Waals surface area contributed by atoms with Crippen LogP contribution in [0.15, 0.2) is 30.3 Å². The predicted octanol–water partition coefficient (Wildman–Crippen LogP) is 4.29. The number of nitrogens with one attached hydrogen (secondary N) is 1. The van der Waals surface area contributed by atoms with E-state index in [9.17, 15) is 0 Å². The molecular formula is C14H17IN2S. The quantitative estimate of drug-likeness (QED) is 0.621. The minimum absolute atomic E-state index is 0.417. The lowest BCUT2D eigenvalue weighted by atomic mass is 10.2. The Bertz CT molecular complexity index is 536. The maximum Gasteiger partial charge on any atom is 0.0479 e. The van der Waals surface area contributed by atoms with Gasteiger partial charge in [0.15, 0.2) is 0 Å². The van der Waals surface area contributed by atoms with E-state index in [-0.39, 0.29) is 0 Å². The molecule has 4 heteroatoms. The third-order valence-electron chi connectivity index (χ3n) is 2.70. The zero-order valence-electron chi connectivity index (χ0n) is 10.5. The van der Waals surface area contributed by atoms with Gasteiger partial charge in [0.05, 0.1) is 0 Å². The summed E-state index contributed by atoms with van der Waals surface area (Å²) in [5, 5.41) is 3.54. The number of thiophene rings is 1. The number of benzene rings is 1. The van der Waals surface area contributed by atoms with Gasteiger partial charge in [-0.3, -0.25) is 0 Å². The largest absolute Gasteiger partial charge is 0.399 e. The fraction of sp³-hybridized carbons (Fsp3) is 0.286. The highest BCUT2D eigenvalue weighted by Gasteiger charge is 2.07. The number of aryl methyl sites for hydroxylation is 1. The molecule has 0 bridgehead atoms. The minimum Gasteiger partial charge on any atom is -0.399 e. The minimum atomic E-state index is 0.417. The molecule has 2 rings (SSSR count). The van der Waals surface area contributed by atoms with Crippen molar-refractivity contribution in [2.75, 3.05) is 11.1 Å². The average molecular weight is 372 g/mol. The van der Waals surface area contributed by atoms with E-state index in [0.29, 0.717) is 6.04 Å². The summed E-state index contributed by atoms with van der Waals surface area (Å²) in [5.74, 6) is 0. The van der Waals surface area contributed by atoms with Crippen molar-refractivity contribution in [3.8, 4) is 0 Å². The second-order valence-corrected chi connectivity index (χ2v) is 7.04. The monoisotopic (exact) mass is 372 g/mol. The molecule has 0 aliphatic heterocycles. The lowest BCUT2D eigenvalue weighted by Gasteiger charge is -2.16. The molecular weight excluding hydrogens is 355 g/mol. The number of anilines is 2. The Morgan fingerprint density at radius 2 is 2.11 bits per heavy atom. The molecule has 96 valence electrons. The highest BCUT2D eigenvalue weighted by Crippen LogP contribution is 2.23. The van der Waals surface area contributed by atoms with Crippen LogP contribution in [-0.4, -0.2) is 6.04 Å². The van der Waals surface area contributed by atoms with E-state index in [1.807, 2.05) is 29.5 Å². The van der Waals surface area contributed by atoms with Crippen molar-refractivity contribution in [2.45, 2.75) is 26.3 Å². The molecule has 1 aromatic heterocycles. The Balaban J connectivity index is 2.00. The van der Waals surface area contributed by atoms with Gasteiger partial charge in [-0.05, 0) is 66.8 Å². The number of hydrogen-bond acceptors (Lipinski definition) is 3. The van der Waals surface area contributed by atoms with Crippen LogP contribution >= 0.6 is 33.9 Å². The molecule has 18 heavy (non-hydrogen) atoms.